The molecule has 1 aromatic carbocycles. The molecule has 0 aliphatic carbocycles. The Balaban J connectivity index is 2.57. The smallest absolute Gasteiger partial charge is 0.263 e. The van der Waals surface area contributed by atoms with Crippen LogP contribution in [-0.4, -0.2) is 28.6 Å². The van der Waals surface area contributed by atoms with E-state index in [9.17, 15) is 9.59 Å². The van der Waals surface area contributed by atoms with Gasteiger partial charge in [-0.3, -0.25) is 14.5 Å². The first kappa shape index (κ1) is 7.94. The zero-order chi connectivity index (χ0) is 9.42. The van der Waals surface area contributed by atoms with E-state index in [-0.39, 0.29) is 0 Å². The summed E-state index contributed by atoms with van der Waals surface area (Å²) in [5.74, 6) is -0.855. The fraction of sp³-hybridized carbons (Fsp3) is 0.111. The molecule has 0 atom stereocenters. The van der Waals surface area contributed by atoms with Crippen molar-refractivity contribution in [2.75, 3.05) is 6.73 Å². The van der Waals surface area contributed by atoms with Gasteiger partial charge in [-0.2, -0.15) is 0 Å². The van der Waals surface area contributed by atoms with Crippen LogP contribution in [0.1, 0.15) is 20.7 Å². The van der Waals surface area contributed by atoms with Crippen LogP contribution in [0, 0.1) is 0 Å². The molecule has 2 rings (SSSR count). The quantitative estimate of drug-likeness (QED) is 0.494. The molecule has 13 heavy (non-hydrogen) atoms. The van der Waals surface area contributed by atoms with E-state index in [2.05, 4.69) is 0 Å². The molecule has 1 N–H and O–H groups in total. The Bertz CT molecular complexity index is 351. The highest BCUT2D eigenvalue weighted by molar-refractivity contribution is 6.21. The zero-order valence-corrected chi connectivity index (χ0v) is 6.73. The molecule has 1 aromatic rings. The van der Waals surface area contributed by atoms with Crippen molar-refractivity contribution in [3.63, 3.8) is 0 Å². The number of fused-ring (bicyclic) bond motifs is 1. The largest absolute Gasteiger partial charge is 0.376 e. The molecule has 0 saturated carbocycles. The molecule has 1 aliphatic rings. The van der Waals surface area contributed by atoms with Crippen molar-refractivity contribution >= 4 is 11.8 Å². The Hall–Kier alpha value is -1.68. The van der Waals surface area contributed by atoms with Gasteiger partial charge in [-0.1, -0.05) is 12.1 Å². The van der Waals surface area contributed by atoms with Gasteiger partial charge in [0.1, 0.15) is 6.73 Å². The SMILES string of the molecule is O=C1c2ccccc2C(=O)[15N]1CO. The first-order valence-corrected chi connectivity index (χ1v) is 3.82. The van der Waals surface area contributed by atoms with E-state index in [1.807, 2.05) is 0 Å². The Kier molecular flexibility index (Phi) is 1.63. The highest BCUT2D eigenvalue weighted by atomic mass is 16.4. The number of hydrogen-bond donors (Lipinski definition) is 1. The van der Waals surface area contributed by atoms with E-state index in [0.29, 0.717) is 11.1 Å². The van der Waals surface area contributed by atoms with Gasteiger partial charge < -0.3 is 5.11 Å². The van der Waals surface area contributed by atoms with Crippen molar-refractivity contribution in [1.29, 1.82) is 0 Å². The van der Waals surface area contributed by atoms with Crippen LogP contribution in [0.25, 0.3) is 0 Å². The summed E-state index contributed by atoms with van der Waals surface area (Å²) in [4.78, 5) is 23.6. The number of aliphatic hydroxyl groups excluding tert-OH is 1. The van der Waals surface area contributed by atoms with Crippen LogP contribution >= 0.6 is 0 Å². The number of carbonyl (C=O) groups excluding carboxylic acids is 2. The lowest BCUT2D eigenvalue weighted by Gasteiger charge is -2.07. The molecule has 0 radical (unpaired) electrons. The van der Waals surface area contributed by atoms with Gasteiger partial charge in [0.2, 0.25) is 0 Å². The maximum absolute atomic E-state index is 11.4. The third-order valence-electron chi connectivity index (χ3n) is 2.02. The van der Waals surface area contributed by atoms with Crippen LogP contribution < -0.4 is 0 Å². The lowest BCUT2D eigenvalue weighted by molar-refractivity contribution is 0.0490. The second kappa shape index (κ2) is 2.67. The molecule has 0 aromatic heterocycles. The molecular weight excluding hydrogens is 171 g/mol. The molecule has 66 valence electrons. The molecule has 0 fully saturated rings. The Labute approximate surface area is 74.4 Å². The van der Waals surface area contributed by atoms with Crippen LogP contribution in [0.2, 0.25) is 0 Å². The normalized spacial score (nSPS) is 15.0. The number of hydrogen-bond acceptors (Lipinski definition) is 3. The van der Waals surface area contributed by atoms with E-state index in [4.69, 9.17) is 5.11 Å². The number of carbonyl (C=O) groups is 2. The maximum atomic E-state index is 11.4. The number of imide groups is 1. The number of aliphatic hydroxyl groups is 1. The molecule has 1 aliphatic heterocycles. The lowest BCUT2D eigenvalue weighted by atomic mass is 10.1. The van der Waals surface area contributed by atoms with Crippen LogP contribution in [0.15, 0.2) is 24.3 Å². The first-order valence-electron chi connectivity index (χ1n) is 3.82. The molecule has 0 unspecified atom stereocenters. The van der Waals surface area contributed by atoms with Crippen LogP contribution in [0.4, 0.5) is 0 Å². The van der Waals surface area contributed by atoms with Crippen molar-refractivity contribution in [2.45, 2.75) is 0 Å². The number of amides is 2. The monoisotopic (exact) mass is 178 g/mol. The van der Waals surface area contributed by atoms with Gasteiger partial charge >= 0.3 is 0 Å². The summed E-state index contributed by atoms with van der Waals surface area (Å²) >= 11 is 0. The summed E-state index contributed by atoms with van der Waals surface area (Å²) in [6, 6.07) is 6.52. The van der Waals surface area contributed by atoms with Gasteiger partial charge in [0.25, 0.3) is 11.8 Å². The molecule has 0 saturated heterocycles. The zero-order valence-electron chi connectivity index (χ0n) is 6.73. The number of benzene rings is 1. The molecular formula is C9H7NO3. The van der Waals surface area contributed by atoms with Gasteiger partial charge in [0, 0.05) is 0 Å². The van der Waals surface area contributed by atoms with Crippen LogP contribution in [0.5, 0.6) is 0 Å². The fourth-order valence-electron chi connectivity index (χ4n) is 1.37. The topological polar surface area (TPSA) is 57.6 Å². The predicted molar refractivity (Wildman–Crippen MR) is 44.0 cm³/mol. The second-order valence-corrected chi connectivity index (χ2v) is 2.73. The second-order valence-electron chi connectivity index (χ2n) is 2.73. The highest BCUT2D eigenvalue weighted by Crippen LogP contribution is 2.21. The predicted octanol–water partition coefficient (Wildman–Crippen LogP) is 0.232. The van der Waals surface area contributed by atoms with Crippen LogP contribution in [0.3, 0.4) is 0 Å². The number of nitrogens with zero attached hydrogens (tertiary/aromatic N) is 1. The Morgan fingerprint density at radius 2 is 1.54 bits per heavy atom. The molecule has 0 bridgehead atoms. The van der Waals surface area contributed by atoms with Crippen molar-refractivity contribution in [3.8, 4) is 0 Å². The van der Waals surface area contributed by atoms with Gasteiger partial charge in [0.05, 0.1) is 11.1 Å². The standard InChI is InChI=1S/C9H7NO3/c11-5-10-8(12)6-3-1-2-4-7(6)9(10)13/h1-4,11H,5H2/i10+1. The van der Waals surface area contributed by atoms with Crippen LogP contribution in [-0.2, 0) is 0 Å². The van der Waals surface area contributed by atoms with E-state index < -0.39 is 18.5 Å². The van der Waals surface area contributed by atoms with Gasteiger partial charge in [-0.15, -0.1) is 0 Å². The van der Waals surface area contributed by atoms with E-state index in [1.54, 1.807) is 24.3 Å². The minimum Gasteiger partial charge on any atom is -0.376 e. The van der Waals surface area contributed by atoms with Gasteiger partial charge in [-0.05, 0) is 12.1 Å². The number of rotatable bonds is 1. The summed E-state index contributed by atoms with van der Waals surface area (Å²) < 4.78 is 0. The minimum atomic E-state index is -0.563. The Morgan fingerprint density at radius 3 is 1.92 bits per heavy atom. The average molecular weight is 178 g/mol. The summed E-state index contributed by atoms with van der Waals surface area (Å²) in [7, 11) is 0. The molecule has 4 nitrogen and oxygen atoms in total. The summed E-state index contributed by atoms with van der Waals surface area (Å²) in [5, 5.41) is 8.76. The van der Waals surface area contributed by atoms with Gasteiger partial charge in [0.15, 0.2) is 0 Å². The van der Waals surface area contributed by atoms with E-state index in [1.165, 1.54) is 0 Å². The summed E-state index contributed by atoms with van der Waals surface area (Å²) in [6.45, 7) is -0.563. The fourth-order valence-corrected chi connectivity index (χ4v) is 1.37. The van der Waals surface area contributed by atoms with Gasteiger partial charge in [-0.25, -0.2) is 0 Å². The van der Waals surface area contributed by atoms with E-state index in [0.717, 1.165) is 4.90 Å². The molecule has 1 heterocycles. The average Bonchev–Trinajstić information content (AvgIpc) is 2.41. The van der Waals surface area contributed by atoms with Crippen molar-refractivity contribution in [2.24, 2.45) is 0 Å². The molecule has 2 amide bonds. The first-order chi connectivity index (χ1) is 6.25. The van der Waals surface area contributed by atoms with Crippen molar-refractivity contribution in [3.05, 3.63) is 35.4 Å². The maximum Gasteiger partial charge on any atom is 0.263 e. The van der Waals surface area contributed by atoms with E-state index >= 15 is 0 Å². The summed E-state index contributed by atoms with van der Waals surface area (Å²) in [6.07, 6.45) is 0. The molecule has 4 heteroatoms. The minimum absolute atomic E-state index is 0.363. The highest BCUT2D eigenvalue weighted by Gasteiger charge is 2.34. The lowest BCUT2D eigenvalue weighted by Crippen LogP contribution is -2.30. The summed E-state index contributed by atoms with van der Waals surface area (Å²) in [5.41, 5.74) is 0.725. The Morgan fingerprint density at radius 1 is 1.08 bits per heavy atom. The van der Waals surface area contributed by atoms with Crippen molar-refractivity contribution in [1.82, 2.24) is 4.90 Å². The third kappa shape index (κ3) is 0.957. The molecule has 0 spiro atoms. The van der Waals surface area contributed by atoms with Crippen molar-refractivity contribution < 1.29 is 14.7 Å². The third-order valence-corrected chi connectivity index (χ3v) is 2.02.